The van der Waals surface area contributed by atoms with Crippen LogP contribution in [0.1, 0.15) is 33.8 Å². The summed E-state index contributed by atoms with van der Waals surface area (Å²) in [5.41, 5.74) is 3.02. The Morgan fingerprint density at radius 2 is 2.09 bits per heavy atom. The second-order valence-corrected chi connectivity index (χ2v) is 5.96. The van der Waals surface area contributed by atoms with Gasteiger partial charge in [-0.3, -0.25) is 9.59 Å². The number of fused-ring (bicyclic) bond motifs is 1. The molecule has 0 bridgehead atoms. The number of rotatable bonds is 3. The number of methoxy groups -OCH3 is 1. The average Bonchev–Trinajstić information content (AvgIpc) is 2.86. The molecule has 4 nitrogen and oxygen atoms in total. The number of hydrogen-bond donors (Lipinski definition) is 1. The molecule has 0 aliphatic heterocycles. The number of benzene rings is 2. The molecule has 3 rings (SSSR count). The van der Waals surface area contributed by atoms with Crippen LogP contribution in [0.5, 0.6) is 5.75 Å². The Bertz CT molecular complexity index is 801. The number of hydrogen-bond acceptors (Lipinski definition) is 3. The minimum atomic E-state index is -0.459. The highest BCUT2D eigenvalue weighted by atomic mass is 35.5. The maximum Gasteiger partial charge on any atom is 0.232 e. The van der Waals surface area contributed by atoms with Crippen LogP contribution in [-0.4, -0.2) is 18.8 Å². The van der Waals surface area contributed by atoms with Crippen molar-refractivity contribution in [1.82, 2.24) is 0 Å². The number of aryl methyl sites for hydroxylation is 1. The van der Waals surface area contributed by atoms with Crippen LogP contribution in [0, 0.1) is 6.92 Å². The maximum atomic E-state index is 12.6. The van der Waals surface area contributed by atoms with Crippen molar-refractivity contribution in [1.29, 1.82) is 0 Å². The zero-order chi connectivity index (χ0) is 16.6. The molecule has 0 heterocycles. The number of ketones is 1. The Balaban J connectivity index is 1.86. The van der Waals surface area contributed by atoms with Gasteiger partial charge in [0.25, 0.3) is 0 Å². The normalized spacial score (nSPS) is 16.1. The molecule has 1 N–H and O–H groups in total. The molecule has 1 aliphatic carbocycles. The number of carbonyl (C=O) groups excluding carboxylic acids is 2. The molecule has 2 aromatic rings. The summed E-state index contributed by atoms with van der Waals surface area (Å²) in [5.74, 6) is -0.106. The highest BCUT2D eigenvalue weighted by molar-refractivity contribution is 6.32. The zero-order valence-electron chi connectivity index (χ0n) is 12.9. The first-order chi connectivity index (χ1) is 11.0. The fourth-order valence-electron chi connectivity index (χ4n) is 2.98. The van der Waals surface area contributed by atoms with E-state index in [9.17, 15) is 9.59 Å². The number of halogens is 1. The van der Waals surface area contributed by atoms with E-state index in [4.69, 9.17) is 16.3 Å². The van der Waals surface area contributed by atoms with Crippen LogP contribution in [-0.2, 0) is 4.79 Å². The molecule has 1 aliphatic rings. The Kier molecular flexibility index (Phi) is 4.09. The second kappa shape index (κ2) is 6.05. The first kappa shape index (κ1) is 15.6. The van der Waals surface area contributed by atoms with Crippen molar-refractivity contribution in [2.45, 2.75) is 19.3 Å². The summed E-state index contributed by atoms with van der Waals surface area (Å²) in [7, 11) is 1.53. The summed E-state index contributed by atoms with van der Waals surface area (Å²) in [5, 5.41) is 3.25. The van der Waals surface area contributed by atoms with Crippen molar-refractivity contribution in [3.63, 3.8) is 0 Å². The van der Waals surface area contributed by atoms with E-state index < -0.39 is 5.92 Å². The first-order valence-electron chi connectivity index (χ1n) is 7.28. The number of amides is 1. The van der Waals surface area contributed by atoms with E-state index in [0.29, 0.717) is 22.0 Å². The van der Waals surface area contributed by atoms with Gasteiger partial charge in [0.2, 0.25) is 5.91 Å². The Labute approximate surface area is 139 Å². The SMILES string of the molecule is COc1ccc(NC(=O)C2CC(=O)c3cccc(C)c32)cc1Cl. The van der Waals surface area contributed by atoms with Crippen LogP contribution in [0.25, 0.3) is 0 Å². The van der Waals surface area contributed by atoms with Crippen LogP contribution >= 0.6 is 11.6 Å². The van der Waals surface area contributed by atoms with Gasteiger partial charge in [-0.2, -0.15) is 0 Å². The van der Waals surface area contributed by atoms with E-state index in [2.05, 4.69) is 5.32 Å². The van der Waals surface area contributed by atoms with E-state index >= 15 is 0 Å². The lowest BCUT2D eigenvalue weighted by Gasteiger charge is -2.14. The number of anilines is 1. The Hall–Kier alpha value is -2.33. The predicted molar refractivity (Wildman–Crippen MR) is 89.5 cm³/mol. The topological polar surface area (TPSA) is 55.4 Å². The maximum absolute atomic E-state index is 12.6. The van der Waals surface area contributed by atoms with Gasteiger partial charge in [-0.15, -0.1) is 0 Å². The lowest BCUT2D eigenvalue weighted by Crippen LogP contribution is -2.20. The molecule has 0 radical (unpaired) electrons. The number of Topliss-reactive ketones (excluding diaryl/α,β-unsaturated/α-hetero) is 1. The molecule has 0 spiro atoms. The third kappa shape index (κ3) is 2.82. The summed E-state index contributed by atoms with van der Waals surface area (Å²) in [6.07, 6.45) is 0.204. The highest BCUT2D eigenvalue weighted by Crippen LogP contribution is 2.36. The van der Waals surface area contributed by atoms with Gasteiger partial charge < -0.3 is 10.1 Å². The van der Waals surface area contributed by atoms with E-state index in [1.807, 2.05) is 19.1 Å². The average molecular weight is 330 g/mol. The summed E-state index contributed by atoms with van der Waals surface area (Å²) < 4.78 is 5.09. The van der Waals surface area contributed by atoms with Crippen molar-refractivity contribution in [2.75, 3.05) is 12.4 Å². The molecule has 23 heavy (non-hydrogen) atoms. The molecular weight excluding hydrogens is 314 g/mol. The van der Waals surface area contributed by atoms with Gasteiger partial charge in [0.1, 0.15) is 5.75 Å². The number of carbonyl (C=O) groups is 2. The molecule has 0 fully saturated rings. The van der Waals surface area contributed by atoms with Gasteiger partial charge in [0, 0.05) is 17.7 Å². The molecular formula is C18H16ClNO3. The minimum Gasteiger partial charge on any atom is -0.495 e. The van der Waals surface area contributed by atoms with Crippen molar-refractivity contribution >= 4 is 29.0 Å². The van der Waals surface area contributed by atoms with E-state index in [1.165, 1.54) is 7.11 Å². The van der Waals surface area contributed by atoms with Crippen LogP contribution in [0.3, 0.4) is 0 Å². The smallest absolute Gasteiger partial charge is 0.232 e. The van der Waals surface area contributed by atoms with Gasteiger partial charge in [0.05, 0.1) is 18.1 Å². The van der Waals surface area contributed by atoms with Crippen molar-refractivity contribution in [2.24, 2.45) is 0 Å². The van der Waals surface area contributed by atoms with Crippen LogP contribution in [0.4, 0.5) is 5.69 Å². The van der Waals surface area contributed by atoms with Crippen LogP contribution < -0.4 is 10.1 Å². The number of nitrogens with one attached hydrogen (secondary N) is 1. The van der Waals surface area contributed by atoms with Crippen molar-refractivity contribution in [3.05, 3.63) is 58.1 Å². The van der Waals surface area contributed by atoms with Crippen LogP contribution in [0.15, 0.2) is 36.4 Å². The van der Waals surface area contributed by atoms with E-state index in [1.54, 1.807) is 24.3 Å². The van der Waals surface area contributed by atoms with Crippen molar-refractivity contribution in [3.8, 4) is 5.75 Å². The van der Waals surface area contributed by atoms with E-state index in [0.717, 1.165) is 11.1 Å². The molecule has 0 saturated heterocycles. The zero-order valence-corrected chi connectivity index (χ0v) is 13.6. The second-order valence-electron chi connectivity index (χ2n) is 5.55. The van der Waals surface area contributed by atoms with Gasteiger partial charge in [-0.1, -0.05) is 29.8 Å². The number of ether oxygens (including phenoxy) is 1. The lowest BCUT2D eigenvalue weighted by molar-refractivity contribution is -0.117. The highest BCUT2D eigenvalue weighted by Gasteiger charge is 2.35. The lowest BCUT2D eigenvalue weighted by atomic mass is 9.96. The first-order valence-corrected chi connectivity index (χ1v) is 7.66. The van der Waals surface area contributed by atoms with Crippen molar-refractivity contribution < 1.29 is 14.3 Å². The fraction of sp³-hybridized carbons (Fsp3) is 0.222. The van der Waals surface area contributed by atoms with Gasteiger partial charge in [-0.25, -0.2) is 0 Å². The Morgan fingerprint density at radius 1 is 1.30 bits per heavy atom. The van der Waals surface area contributed by atoms with E-state index in [-0.39, 0.29) is 18.1 Å². The van der Waals surface area contributed by atoms with Gasteiger partial charge in [-0.05, 0) is 36.2 Å². The standard InChI is InChI=1S/C18H16ClNO3/c1-10-4-3-5-12-15(21)9-13(17(10)12)18(22)20-11-6-7-16(23-2)14(19)8-11/h3-8,13H,9H2,1-2H3,(H,20,22). The molecule has 1 unspecified atom stereocenters. The monoisotopic (exact) mass is 329 g/mol. The summed E-state index contributed by atoms with van der Waals surface area (Å²) in [6.45, 7) is 1.92. The quantitative estimate of drug-likeness (QED) is 0.927. The third-order valence-corrected chi connectivity index (χ3v) is 4.39. The van der Waals surface area contributed by atoms with Gasteiger partial charge >= 0.3 is 0 Å². The molecule has 1 amide bonds. The molecule has 5 heteroatoms. The van der Waals surface area contributed by atoms with Crippen LogP contribution in [0.2, 0.25) is 5.02 Å². The largest absolute Gasteiger partial charge is 0.495 e. The molecule has 0 aromatic heterocycles. The molecule has 0 saturated carbocycles. The fourth-order valence-corrected chi connectivity index (χ4v) is 3.24. The predicted octanol–water partition coefficient (Wildman–Crippen LogP) is 3.97. The third-order valence-electron chi connectivity index (χ3n) is 4.10. The summed E-state index contributed by atoms with van der Waals surface area (Å²) in [6, 6.07) is 10.6. The minimum absolute atomic E-state index is 0.0108. The van der Waals surface area contributed by atoms with Gasteiger partial charge in [0.15, 0.2) is 5.78 Å². The summed E-state index contributed by atoms with van der Waals surface area (Å²) in [4.78, 5) is 24.7. The summed E-state index contributed by atoms with van der Waals surface area (Å²) >= 11 is 6.07. The molecule has 118 valence electrons. The Morgan fingerprint density at radius 3 is 2.78 bits per heavy atom. The molecule has 1 atom stereocenters. The molecule has 2 aromatic carbocycles.